The molecule has 2 aromatic carbocycles. The van der Waals surface area contributed by atoms with Gasteiger partial charge in [0.25, 0.3) is 5.91 Å². The van der Waals surface area contributed by atoms with Gasteiger partial charge in [0.1, 0.15) is 17.2 Å². The first-order valence-electron chi connectivity index (χ1n) is 9.89. The number of aromatic nitrogens is 2. The van der Waals surface area contributed by atoms with Crippen molar-refractivity contribution in [1.82, 2.24) is 15.6 Å². The van der Waals surface area contributed by atoms with E-state index in [1.54, 1.807) is 0 Å². The molecule has 3 aromatic rings. The number of amides is 1. The molecule has 1 heterocycles. The standard InChI is InChI=1S/C23H26N4O3/c1-5-29-19-11-7-17(8-12-19)16(4)24-27-23(28)22-15(3)21(25-26-22)18-9-13-20(14-10-18)30-6-2/h7-14H,5-6H2,1-4H3,(H,25,26)(H,27,28)/b24-16-. The van der Waals surface area contributed by atoms with Crippen molar-refractivity contribution in [3.63, 3.8) is 0 Å². The summed E-state index contributed by atoms with van der Waals surface area (Å²) in [6.07, 6.45) is 0. The Morgan fingerprint density at radius 1 is 1.00 bits per heavy atom. The second-order valence-corrected chi connectivity index (χ2v) is 6.63. The summed E-state index contributed by atoms with van der Waals surface area (Å²) in [4.78, 5) is 12.6. The Balaban J connectivity index is 1.70. The van der Waals surface area contributed by atoms with E-state index in [4.69, 9.17) is 9.47 Å². The summed E-state index contributed by atoms with van der Waals surface area (Å²) in [6.45, 7) is 8.80. The molecule has 1 aromatic heterocycles. The highest BCUT2D eigenvalue weighted by Crippen LogP contribution is 2.25. The number of hydrogen-bond acceptors (Lipinski definition) is 5. The van der Waals surface area contributed by atoms with E-state index in [9.17, 15) is 4.79 Å². The molecule has 0 radical (unpaired) electrons. The minimum atomic E-state index is -0.345. The van der Waals surface area contributed by atoms with Gasteiger partial charge in [0.2, 0.25) is 0 Å². The third-order valence-corrected chi connectivity index (χ3v) is 4.58. The molecule has 0 saturated carbocycles. The summed E-state index contributed by atoms with van der Waals surface area (Å²) in [5, 5.41) is 11.3. The van der Waals surface area contributed by atoms with Gasteiger partial charge in [0, 0.05) is 11.1 Å². The van der Waals surface area contributed by atoms with E-state index in [0.717, 1.165) is 33.9 Å². The van der Waals surface area contributed by atoms with Crippen LogP contribution in [0.15, 0.2) is 53.6 Å². The Morgan fingerprint density at radius 2 is 1.57 bits per heavy atom. The molecule has 0 fully saturated rings. The maximum atomic E-state index is 12.6. The molecular weight excluding hydrogens is 380 g/mol. The van der Waals surface area contributed by atoms with Crippen LogP contribution >= 0.6 is 0 Å². The van der Waals surface area contributed by atoms with Crippen molar-refractivity contribution in [1.29, 1.82) is 0 Å². The topological polar surface area (TPSA) is 88.6 Å². The molecule has 30 heavy (non-hydrogen) atoms. The molecule has 7 heteroatoms. The van der Waals surface area contributed by atoms with E-state index in [1.807, 2.05) is 76.2 Å². The Labute approximate surface area is 176 Å². The second kappa shape index (κ2) is 9.73. The molecule has 0 unspecified atom stereocenters. The highest BCUT2D eigenvalue weighted by molar-refractivity contribution is 6.01. The van der Waals surface area contributed by atoms with Gasteiger partial charge in [-0.25, -0.2) is 5.43 Å². The van der Waals surface area contributed by atoms with Crippen molar-refractivity contribution in [3.8, 4) is 22.8 Å². The molecule has 3 rings (SSSR count). The molecule has 0 spiro atoms. The molecule has 1 amide bonds. The molecule has 0 atom stereocenters. The number of aromatic amines is 1. The number of nitrogens with zero attached hydrogens (tertiary/aromatic N) is 2. The molecule has 0 bridgehead atoms. The van der Waals surface area contributed by atoms with Crippen LogP contribution in [0.1, 0.15) is 42.4 Å². The quantitative estimate of drug-likeness (QED) is 0.430. The number of H-pyrrole nitrogens is 1. The first-order valence-corrected chi connectivity index (χ1v) is 9.89. The predicted molar refractivity (Wildman–Crippen MR) is 117 cm³/mol. The molecule has 2 N–H and O–H groups in total. The lowest BCUT2D eigenvalue weighted by atomic mass is 10.1. The number of nitrogens with one attached hydrogen (secondary N) is 2. The number of hydrazone groups is 1. The third kappa shape index (κ3) is 4.86. The first kappa shape index (κ1) is 21.1. The van der Waals surface area contributed by atoms with Gasteiger partial charge >= 0.3 is 0 Å². The van der Waals surface area contributed by atoms with Crippen LogP contribution in [-0.2, 0) is 0 Å². The van der Waals surface area contributed by atoms with Gasteiger partial charge in [-0.05, 0) is 81.8 Å². The molecule has 0 aliphatic rings. The molecule has 0 aliphatic carbocycles. The van der Waals surface area contributed by atoms with Crippen LogP contribution in [0.25, 0.3) is 11.3 Å². The maximum absolute atomic E-state index is 12.6. The van der Waals surface area contributed by atoms with Crippen LogP contribution in [0.5, 0.6) is 11.5 Å². The molecular formula is C23H26N4O3. The zero-order chi connectivity index (χ0) is 21.5. The number of carbonyl (C=O) groups is 1. The van der Waals surface area contributed by atoms with Gasteiger partial charge in [0.05, 0.1) is 24.6 Å². The van der Waals surface area contributed by atoms with Crippen LogP contribution in [0.3, 0.4) is 0 Å². The average Bonchev–Trinajstić information content (AvgIpc) is 3.15. The lowest BCUT2D eigenvalue weighted by Crippen LogP contribution is -2.20. The highest BCUT2D eigenvalue weighted by atomic mass is 16.5. The largest absolute Gasteiger partial charge is 0.494 e. The lowest BCUT2D eigenvalue weighted by molar-refractivity contribution is 0.0949. The van der Waals surface area contributed by atoms with Crippen molar-refractivity contribution in [2.75, 3.05) is 13.2 Å². The van der Waals surface area contributed by atoms with Crippen molar-refractivity contribution in [2.45, 2.75) is 27.7 Å². The number of ether oxygens (including phenoxy) is 2. The monoisotopic (exact) mass is 406 g/mol. The van der Waals surface area contributed by atoms with Gasteiger partial charge in [-0.1, -0.05) is 0 Å². The number of benzene rings is 2. The minimum absolute atomic E-state index is 0.345. The van der Waals surface area contributed by atoms with Crippen LogP contribution in [0.2, 0.25) is 0 Å². The normalized spacial score (nSPS) is 11.3. The van der Waals surface area contributed by atoms with E-state index in [2.05, 4.69) is 20.7 Å². The van der Waals surface area contributed by atoms with Gasteiger partial charge in [-0.3, -0.25) is 9.89 Å². The summed E-state index contributed by atoms with van der Waals surface area (Å²) in [7, 11) is 0. The average molecular weight is 406 g/mol. The fourth-order valence-electron chi connectivity index (χ4n) is 2.99. The molecule has 7 nitrogen and oxygen atoms in total. The highest BCUT2D eigenvalue weighted by Gasteiger charge is 2.17. The predicted octanol–water partition coefficient (Wildman–Crippen LogP) is 4.34. The van der Waals surface area contributed by atoms with E-state index in [0.29, 0.717) is 24.6 Å². The van der Waals surface area contributed by atoms with E-state index in [1.165, 1.54) is 0 Å². The molecule has 0 aliphatic heterocycles. The summed E-state index contributed by atoms with van der Waals surface area (Å²) in [6, 6.07) is 15.2. The fourth-order valence-corrected chi connectivity index (χ4v) is 2.99. The Bertz CT molecular complexity index is 1020. The first-order chi connectivity index (χ1) is 14.5. The second-order valence-electron chi connectivity index (χ2n) is 6.63. The van der Waals surface area contributed by atoms with Gasteiger partial charge in [-0.15, -0.1) is 0 Å². The lowest BCUT2D eigenvalue weighted by Gasteiger charge is -2.06. The Hall–Kier alpha value is -3.61. The Morgan fingerprint density at radius 3 is 2.13 bits per heavy atom. The van der Waals surface area contributed by atoms with Crippen molar-refractivity contribution >= 4 is 11.6 Å². The van der Waals surface area contributed by atoms with Crippen LogP contribution in [0, 0.1) is 6.92 Å². The number of carbonyl (C=O) groups excluding carboxylic acids is 1. The zero-order valence-electron chi connectivity index (χ0n) is 17.7. The van der Waals surface area contributed by atoms with E-state index < -0.39 is 0 Å². The Kier molecular flexibility index (Phi) is 6.85. The number of hydrogen-bond donors (Lipinski definition) is 2. The summed E-state index contributed by atoms with van der Waals surface area (Å²) in [5.41, 5.74) is 6.94. The minimum Gasteiger partial charge on any atom is -0.494 e. The van der Waals surface area contributed by atoms with Crippen LogP contribution in [0.4, 0.5) is 0 Å². The van der Waals surface area contributed by atoms with E-state index >= 15 is 0 Å². The summed E-state index contributed by atoms with van der Waals surface area (Å²) in [5.74, 6) is 1.25. The van der Waals surface area contributed by atoms with Gasteiger partial charge < -0.3 is 9.47 Å². The van der Waals surface area contributed by atoms with E-state index in [-0.39, 0.29) is 5.91 Å². The maximum Gasteiger partial charge on any atom is 0.289 e. The summed E-state index contributed by atoms with van der Waals surface area (Å²) >= 11 is 0. The number of rotatable bonds is 8. The van der Waals surface area contributed by atoms with Gasteiger partial charge in [0.15, 0.2) is 0 Å². The molecule has 0 saturated heterocycles. The molecule has 156 valence electrons. The van der Waals surface area contributed by atoms with Gasteiger partial charge in [-0.2, -0.15) is 10.2 Å². The third-order valence-electron chi connectivity index (χ3n) is 4.58. The van der Waals surface area contributed by atoms with Crippen LogP contribution < -0.4 is 14.9 Å². The van der Waals surface area contributed by atoms with Crippen molar-refractivity contribution < 1.29 is 14.3 Å². The van der Waals surface area contributed by atoms with Crippen molar-refractivity contribution in [3.05, 3.63) is 65.4 Å². The SMILES string of the molecule is CCOc1ccc(/C(C)=N\NC(=O)c2[nH]nc(-c3ccc(OCC)cc3)c2C)cc1. The zero-order valence-corrected chi connectivity index (χ0v) is 17.7. The summed E-state index contributed by atoms with van der Waals surface area (Å²) < 4.78 is 10.9. The smallest absolute Gasteiger partial charge is 0.289 e. The fraction of sp³-hybridized carbons (Fsp3) is 0.261. The van der Waals surface area contributed by atoms with Crippen LogP contribution in [-0.4, -0.2) is 35.0 Å². The van der Waals surface area contributed by atoms with Crippen molar-refractivity contribution in [2.24, 2.45) is 5.10 Å².